The molecule has 1 saturated heterocycles. The van der Waals surface area contributed by atoms with E-state index in [0.29, 0.717) is 30.9 Å². The Balaban J connectivity index is 1.83. The minimum atomic E-state index is -4.18. The second kappa shape index (κ2) is 9.15. The van der Waals surface area contributed by atoms with Crippen molar-refractivity contribution in [3.8, 4) is 5.75 Å². The molecule has 0 atom stereocenters. The summed E-state index contributed by atoms with van der Waals surface area (Å²) in [6.07, 6.45) is 1.94. The summed E-state index contributed by atoms with van der Waals surface area (Å²) in [5.74, 6) is 0.114. The number of hydrogen-bond donors (Lipinski definition) is 0. The van der Waals surface area contributed by atoms with Crippen LogP contribution < -0.4 is 4.74 Å². The van der Waals surface area contributed by atoms with E-state index in [-0.39, 0.29) is 12.7 Å². The fraction of sp³-hybridized carbons (Fsp3) is 0.571. The minimum Gasteiger partial charge on any atom is -0.497 e. The third-order valence-electron chi connectivity index (χ3n) is 5.13. The summed E-state index contributed by atoms with van der Waals surface area (Å²) in [6, 6.07) is 5.20. The van der Waals surface area contributed by atoms with Crippen molar-refractivity contribution in [2.75, 3.05) is 47.6 Å². The Morgan fingerprint density at radius 2 is 2.00 bits per heavy atom. The van der Waals surface area contributed by atoms with Gasteiger partial charge in [0, 0.05) is 18.1 Å². The van der Waals surface area contributed by atoms with E-state index in [1.165, 1.54) is 0 Å². The van der Waals surface area contributed by atoms with Gasteiger partial charge in [0.1, 0.15) is 11.9 Å². The van der Waals surface area contributed by atoms with Gasteiger partial charge < -0.3 is 19.1 Å². The van der Waals surface area contributed by atoms with Crippen molar-refractivity contribution in [1.29, 1.82) is 0 Å². The molecular weight excluding hydrogens is 424 g/mol. The van der Waals surface area contributed by atoms with Gasteiger partial charge in [-0.25, -0.2) is 3.97 Å². The van der Waals surface area contributed by atoms with Gasteiger partial charge in [0.15, 0.2) is 0 Å². The number of hydrogen-bond acceptors (Lipinski definition) is 8. The maximum atomic E-state index is 13.0. The monoisotopic (exact) mass is 454 g/mol. The number of fused-ring (bicyclic) bond motifs is 1. The van der Waals surface area contributed by atoms with Crippen LogP contribution in [0.2, 0.25) is 0 Å². The second-order valence-electron chi connectivity index (χ2n) is 8.56. The van der Waals surface area contributed by atoms with E-state index in [0.717, 1.165) is 21.5 Å². The van der Waals surface area contributed by atoms with Crippen molar-refractivity contribution >= 4 is 27.2 Å². The van der Waals surface area contributed by atoms with E-state index in [1.54, 1.807) is 39.3 Å². The van der Waals surface area contributed by atoms with E-state index in [4.69, 9.17) is 18.4 Å². The molecule has 0 radical (unpaired) electrons. The van der Waals surface area contributed by atoms with Crippen molar-refractivity contribution in [3.63, 3.8) is 0 Å². The topological polar surface area (TPSA) is 96.3 Å². The first-order valence-electron chi connectivity index (χ1n) is 10.0. The molecule has 10 heteroatoms. The van der Waals surface area contributed by atoms with Gasteiger partial charge in [0.05, 0.1) is 37.9 Å². The number of esters is 1. The van der Waals surface area contributed by atoms with Crippen LogP contribution in [0.5, 0.6) is 5.75 Å². The number of carbonyl (C=O) groups excluding carboxylic acids is 1. The Bertz CT molecular complexity index is 1040. The van der Waals surface area contributed by atoms with Gasteiger partial charge in [-0.3, -0.25) is 8.98 Å². The summed E-state index contributed by atoms with van der Waals surface area (Å²) in [5, 5.41) is 0.775. The molecule has 0 N–H and O–H groups in total. The molecule has 1 aromatic heterocycles. The van der Waals surface area contributed by atoms with Gasteiger partial charge in [0.2, 0.25) is 0 Å². The molecule has 0 aliphatic carbocycles. The summed E-state index contributed by atoms with van der Waals surface area (Å²) in [6.45, 7) is 4.30. The van der Waals surface area contributed by atoms with Crippen LogP contribution in [0.15, 0.2) is 24.4 Å². The highest BCUT2D eigenvalue weighted by molar-refractivity contribution is 7.85. The van der Waals surface area contributed by atoms with Crippen LogP contribution in [0, 0.1) is 5.41 Å². The first-order valence-corrected chi connectivity index (χ1v) is 11.4. The van der Waals surface area contributed by atoms with E-state index in [9.17, 15) is 13.2 Å². The molecule has 172 valence electrons. The average Bonchev–Trinajstić information content (AvgIpc) is 3.06. The van der Waals surface area contributed by atoms with Gasteiger partial charge in [-0.05, 0) is 58.1 Å². The van der Waals surface area contributed by atoms with Crippen molar-refractivity contribution in [3.05, 3.63) is 30.0 Å². The van der Waals surface area contributed by atoms with Gasteiger partial charge in [-0.2, -0.15) is 8.42 Å². The molecule has 9 nitrogen and oxygen atoms in total. The maximum Gasteiger partial charge on any atom is 0.366 e. The van der Waals surface area contributed by atoms with E-state index in [1.807, 2.05) is 25.1 Å². The lowest BCUT2D eigenvalue weighted by Crippen LogP contribution is -2.43. The zero-order chi connectivity index (χ0) is 22.8. The molecule has 1 aromatic carbocycles. The first-order chi connectivity index (χ1) is 14.5. The van der Waals surface area contributed by atoms with E-state index < -0.39 is 21.7 Å². The summed E-state index contributed by atoms with van der Waals surface area (Å²) < 4.78 is 48.1. The fourth-order valence-electron chi connectivity index (χ4n) is 3.03. The molecular formula is C21H30N2O7S. The molecule has 0 unspecified atom stereocenters. The average molecular weight is 455 g/mol. The van der Waals surface area contributed by atoms with E-state index in [2.05, 4.69) is 0 Å². The Labute approximate surface area is 183 Å². The number of methoxy groups -OCH3 is 1. The van der Waals surface area contributed by atoms with Gasteiger partial charge in [-0.15, -0.1) is 0 Å². The van der Waals surface area contributed by atoms with Gasteiger partial charge >= 0.3 is 16.3 Å². The lowest BCUT2D eigenvalue weighted by atomic mass is 9.95. The summed E-state index contributed by atoms with van der Waals surface area (Å²) >= 11 is 0. The van der Waals surface area contributed by atoms with Crippen LogP contribution in [0.4, 0.5) is 0 Å². The Hall–Kier alpha value is -2.14. The molecule has 2 aromatic rings. The van der Waals surface area contributed by atoms with Crippen LogP contribution >= 0.6 is 0 Å². The zero-order valence-electron chi connectivity index (χ0n) is 18.6. The first kappa shape index (κ1) is 23.5. The Morgan fingerprint density at radius 3 is 2.58 bits per heavy atom. The number of rotatable bonds is 10. The third kappa shape index (κ3) is 5.38. The number of nitrogens with zero attached hydrogens (tertiary/aromatic N) is 2. The lowest BCUT2D eigenvalue weighted by molar-refractivity contribution is -0.183. The van der Waals surface area contributed by atoms with Crippen LogP contribution in [0.3, 0.4) is 0 Å². The van der Waals surface area contributed by atoms with Gasteiger partial charge in [0.25, 0.3) is 0 Å². The van der Waals surface area contributed by atoms with Crippen molar-refractivity contribution in [1.82, 2.24) is 8.87 Å². The highest BCUT2D eigenvalue weighted by atomic mass is 32.2. The number of likely N-dealkylation sites (N-methyl/N-ethyl adjacent to an activating group) is 1. The molecule has 0 saturated carbocycles. The minimum absolute atomic E-state index is 0.286. The number of benzene rings is 1. The predicted octanol–water partition coefficient (Wildman–Crippen LogP) is 1.83. The number of aromatic nitrogens is 1. The quantitative estimate of drug-likeness (QED) is 0.502. The van der Waals surface area contributed by atoms with Crippen molar-refractivity contribution < 1.29 is 31.6 Å². The number of carbonyl (C=O) groups is 1. The van der Waals surface area contributed by atoms with Crippen LogP contribution in [0.25, 0.3) is 10.9 Å². The summed E-state index contributed by atoms with van der Waals surface area (Å²) in [4.78, 5) is 14.4. The van der Waals surface area contributed by atoms with Crippen LogP contribution in [0.1, 0.15) is 19.4 Å². The summed E-state index contributed by atoms with van der Waals surface area (Å²) in [5.41, 5.74) is 0.211. The molecule has 0 amide bonds. The number of ether oxygens (including phenoxy) is 3. The normalized spacial score (nSPS) is 15.3. The predicted molar refractivity (Wildman–Crippen MR) is 115 cm³/mol. The van der Waals surface area contributed by atoms with Gasteiger partial charge in [-0.1, -0.05) is 0 Å². The smallest absolute Gasteiger partial charge is 0.366 e. The van der Waals surface area contributed by atoms with Crippen molar-refractivity contribution in [2.24, 2.45) is 5.41 Å². The second-order valence-corrected chi connectivity index (χ2v) is 10.0. The molecule has 2 heterocycles. The molecule has 1 aliphatic rings. The van der Waals surface area contributed by atoms with E-state index >= 15 is 0 Å². The highest BCUT2D eigenvalue weighted by Gasteiger charge is 2.36. The standard InChI is InChI=1S/C21H30N2O7S/c1-21(2,20(24)30-17-12-28-13-17)14-29-31(25,26)23-11-15(8-9-22(3)4)18-10-16(27-5)6-7-19(18)23/h6-7,10-11,17H,8-9,12-14H2,1-5H3. The fourth-order valence-corrected chi connectivity index (χ4v) is 4.24. The Kier molecular flexibility index (Phi) is 6.95. The molecule has 3 rings (SSSR count). The maximum absolute atomic E-state index is 13.0. The molecule has 0 bridgehead atoms. The van der Waals surface area contributed by atoms with Crippen LogP contribution in [-0.2, 0) is 35.2 Å². The summed E-state index contributed by atoms with van der Waals surface area (Å²) in [7, 11) is 1.29. The third-order valence-corrected chi connectivity index (χ3v) is 6.33. The highest BCUT2D eigenvalue weighted by Crippen LogP contribution is 2.29. The zero-order valence-corrected chi connectivity index (χ0v) is 19.4. The molecule has 1 fully saturated rings. The van der Waals surface area contributed by atoms with Crippen LogP contribution in [-0.4, -0.2) is 76.9 Å². The lowest BCUT2D eigenvalue weighted by Gasteiger charge is -2.30. The molecule has 31 heavy (non-hydrogen) atoms. The largest absolute Gasteiger partial charge is 0.497 e. The Morgan fingerprint density at radius 1 is 1.29 bits per heavy atom. The van der Waals surface area contributed by atoms with Crippen molar-refractivity contribution in [2.45, 2.75) is 26.4 Å². The SMILES string of the molecule is COc1ccc2c(c1)c(CCN(C)C)cn2S(=O)(=O)OCC(C)(C)C(=O)OC1COC1. The molecule has 1 aliphatic heterocycles. The molecule has 0 spiro atoms.